The van der Waals surface area contributed by atoms with Gasteiger partial charge in [-0.3, -0.25) is 4.72 Å². The molecule has 0 fully saturated rings. The number of methoxy groups -OCH3 is 2. The molecular formula is C15H16N2O4S3. The van der Waals surface area contributed by atoms with Gasteiger partial charge in [0.2, 0.25) is 0 Å². The molecular weight excluding hydrogens is 368 g/mol. The van der Waals surface area contributed by atoms with Crippen molar-refractivity contribution in [3.8, 4) is 0 Å². The Labute approximate surface area is 152 Å². The summed E-state index contributed by atoms with van der Waals surface area (Å²) < 4.78 is 14.4. The van der Waals surface area contributed by atoms with Gasteiger partial charge < -0.3 is 9.47 Å². The molecule has 0 saturated carbocycles. The summed E-state index contributed by atoms with van der Waals surface area (Å²) in [5, 5.41) is 0. The molecule has 0 aliphatic rings. The summed E-state index contributed by atoms with van der Waals surface area (Å²) in [6.07, 6.45) is 1.14. The Morgan fingerprint density at radius 1 is 1.29 bits per heavy atom. The van der Waals surface area contributed by atoms with Crippen LogP contribution in [0.2, 0.25) is 0 Å². The van der Waals surface area contributed by atoms with Crippen molar-refractivity contribution in [1.29, 1.82) is 0 Å². The summed E-state index contributed by atoms with van der Waals surface area (Å²) in [6.45, 7) is 0.626. The van der Waals surface area contributed by atoms with Crippen molar-refractivity contribution in [3.63, 3.8) is 0 Å². The molecule has 0 saturated heterocycles. The zero-order valence-electron chi connectivity index (χ0n) is 13.1. The van der Waals surface area contributed by atoms with E-state index in [0.717, 1.165) is 20.6 Å². The van der Waals surface area contributed by atoms with E-state index in [9.17, 15) is 9.59 Å². The SMILES string of the molecule is COC(=O)/C=C(/SCCNSc1nc2ccccc2s1)C(=O)OC. The first kappa shape index (κ1) is 18.8. The molecule has 128 valence electrons. The summed E-state index contributed by atoms with van der Waals surface area (Å²) in [5.41, 5.74) is 0.982. The Kier molecular flexibility index (Phi) is 7.57. The van der Waals surface area contributed by atoms with Crippen LogP contribution < -0.4 is 4.72 Å². The van der Waals surface area contributed by atoms with Gasteiger partial charge in [0, 0.05) is 18.4 Å². The van der Waals surface area contributed by atoms with Gasteiger partial charge in [0.1, 0.15) is 0 Å². The largest absolute Gasteiger partial charge is 0.466 e. The van der Waals surface area contributed by atoms with Crippen molar-refractivity contribution in [2.45, 2.75) is 4.34 Å². The molecule has 0 spiro atoms. The molecule has 2 aromatic rings. The number of hydrogen-bond acceptors (Lipinski definition) is 9. The van der Waals surface area contributed by atoms with Crippen molar-refractivity contribution in [1.82, 2.24) is 9.71 Å². The van der Waals surface area contributed by atoms with Crippen molar-refractivity contribution in [2.75, 3.05) is 26.5 Å². The number of benzene rings is 1. The van der Waals surface area contributed by atoms with Crippen molar-refractivity contribution in [2.24, 2.45) is 0 Å². The molecule has 1 aromatic heterocycles. The van der Waals surface area contributed by atoms with Crippen molar-refractivity contribution < 1.29 is 19.1 Å². The Bertz CT molecular complexity index is 712. The van der Waals surface area contributed by atoms with Gasteiger partial charge in [0.25, 0.3) is 0 Å². The van der Waals surface area contributed by atoms with Crippen LogP contribution in [0.3, 0.4) is 0 Å². The first-order chi connectivity index (χ1) is 11.6. The van der Waals surface area contributed by atoms with E-state index in [1.54, 1.807) is 11.3 Å². The summed E-state index contributed by atoms with van der Waals surface area (Å²) >= 11 is 4.30. The highest BCUT2D eigenvalue weighted by molar-refractivity contribution is 8.04. The lowest BCUT2D eigenvalue weighted by molar-refractivity contribution is -0.137. The molecule has 9 heteroatoms. The molecule has 1 N–H and O–H groups in total. The lowest BCUT2D eigenvalue weighted by atomic mass is 10.3. The molecule has 0 aliphatic heterocycles. The van der Waals surface area contributed by atoms with Crippen LogP contribution in [0.1, 0.15) is 0 Å². The Morgan fingerprint density at radius 3 is 2.79 bits per heavy atom. The number of ether oxygens (including phenoxy) is 2. The molecule has 0 atom stereocenters. The fraction of sp³-hybridized carbons (Fsp3) is 0.267. The van der Waals surface area contributed by atoms with E-state index < -0.39 is 11.9 Å². The van der Waals surface area contributed by atoms with Crippen molar-refractivity contribution in [3.05, 3.63) is 35.2 Å². The van der Waals surface area contributed by atoms with E-state index in [0.29, 0.717) is 12.3 Å². The van der Waals surface area contributed by atoms with Crippen LogP contribution in [0.15, 0.2) is 39.6 Å². The van der Waals surface area contributed by atoms with Gasteiger partial charge in [0.05, 0.1) is 29.3 Å². The fourth-order valence-corrected chi connectivity index (χ4v) is 4.35. The van der Waals surface area contributed by atoms with Crippen molar-refractivity contribution >= 4 is 57.2 Å². The standard InChI is InChI=1S/C15H16N2O4S3/c1-20-13(18)9-12(14(19)21-2)22-8-7-16-24-15-17-10-5-3-4-6-11(10)23-15/h3-6,9,16H,7-8H2,1-2H3/b12-9+. The molecule has 0 amide bonds. The number of carbonyl (C=O) groups excluding carboxylic acids is 2. The highest BCUT2D eigenvalue weighted by Crippen LogP contribution is 2.27. The molecule has 0 aliphatic carbocycles. The van der Waals surface area contributed by atoms with E-state index >= 15 is 0 Å². The molecule has 6 nitrogen and oxygen atoms in total. The number of nitrogens with one attached hydrogen (secondary N) is 1. The maximum absolute atomic E-state index is 11.6. The van der Waals surface area contributed by atoms with Gasteiger partial charge in [-0.15, -0.1) is 23.1 Å². The predicted octanol–water partition coefficient (Wildman–Crippen LogP) is 2.86. The first-order valence-electron chi connectivity index (χ1n) is 6.90. The topological polar surface area (TPSA) is 77.5 Å². The number of thioether (sulfide) groups is 1. The van der Waals surface area contributed by atoms with Gasteiger partial charge >= 0.3 is 11.9 Å². The number of para-hydroxylation sites is 1. The summed E-state index contributed by atoms with van der Waals surface area (Å²) in [6, 6.07) is 7.96. The third-order valence-electron chi connectivity index (χ3n) is 2.73. The van der Waals surface area contributed by atoms with Crippen LogP contribution in [-0.4, -0.2) is 43.4 Å². The zero-order valence-corrected chi connectivity index (χ0v) is 15.6. The Morgan fingerprint density at radius 2 is 2.08 bits per heavy atom. The van der Waals surface area contributed by atoms with Crippen LogP contribution in [0.4, 0.5) is 0 Å². The minimum atomic E-state index is -0.584. The smallest absolute Gasteiger partial charge is 0.344 e. The minimum absolute atomic E-state index is 0.219. The number of esters is 2. The molecule has 0 unspecified atom stereocenters. The minimum Gasteiger partial charge on any atom is -0.466 e. The fourth-order valence-electron chi connectivity index (χ4n) is 1.64. The van der Waals surface area contributed by atoms with E-state index in [4.69, 9.17) is 0 Å². The number of thiazole rings is 1. The first-order valence-corrected chi connectivity index (χ1v) is 9.52. The molecule has 24 heavy (non-hydrogen) atoms. The lowest BCUT2D eigenvalue weighted by Crippen LogP contribution is -2.11. The van der Waals surface area contributed by atoms with Gasteiger partial charge in [-0.1, -0.05) is 12.1 Å². The maximum Gasteiger partial charge on any atom is 0.344 e. The normalized spacial score (nSPS) is 11.5. The summed E-state index contributed by atoms with van der Waals surface area (Å²) in [7, 11) is 2.53. The van der Waals surface area contributed by atoms with Crippen LogP contribution in [-0.2, 0) is 19.1 Å². The number of nitrogens with zero attached hydrogens (tertiary/aromatic N) is 1. The van der Waals surface area contributed by atoms with Gasteiger partial charge in [0.15, 0.2) is 4.34 Å². The monoisotopic (exact) mass is 384 g/mol. The zero-order chi connectivity index (χ0) is 17.4. The predicted molar refractivity (Wildman–Crippen MR) is 98.1 cm³/mol. The second kappa shape index (κ2) is 9.67. The second-order valence-corrected chi connectivity index (χ2v) is 7.62. The molecule has 1 heterocycles. The van der Waals surface area contributed by atoms with E-state index in [2.05, 4.69) is 19.2 Å². The summed E-state index contributed by atoms with van der Waals surface area (Å²) in [4.78, 5) is 27.6. The van der Waals surface area contributed by atoms with Gasteiger partial charge in [-0.2, -0.15) is 0 Å². The highest BCUT2D eigenvalue weighted by atomic mass is 32.2. The Balaban J connectivity index is 1.79. The van der Waals surface area contributed by atoms with E-state index in [1.807, 2.05) is 24.3 Å². The number of carbonyl (C=O) groups is 2. The van der Waals surface area contributed by atoms with Crippen LogP contribution in [0.25, 0.3) is 10.2 Å². The summed E-state index contributed by atoms with van der Waals surface area (Å²) in [5.74, 6) is -0.542. The quantitative estimate of drug-likeness (QED) is 0.322. The van der Waals surface area contributed by atoms with Crippen LogP contribution in [0.5, 0.6) is 0 Å². The van der Waals surface area contributed by atoms with Gasteiger partial charge in [-0.05, 0) is 24.1 Å². The molecule has 2 rings (SSSR count). The van der Waals surface area contributed by atoms with Gasteiger partial charge in [-0.25, -0.2) is 14.6 Å². The number of hydrogen-bond donors (Lipinski definition) is 1. The molecule has 0 bridgehead atoms. The maximum atomic E-state index is 11.6. The molecule has 1 aromatic carbocycles. The van der Waals surface area contributed by atoms with E-state index in [1.165, 1.54) is 37.9 Å². The third-order valence-corrected chi connectivity index (χ3v) is 5.68. The average Bonchev–Trinajstić information content (AvgIpc) is 3.02. The van der Waals surface area contributed by atoms with E-state index in [-0.39, 0.29) is 4.91 Å². The molecule has 0 radical (unpaired) electrons. The highest BCUT2D eigenvalue weighted by Gasteiger charge is 2.13. The third kappa shape index (κ3) is 5.52. The lowest BCUT2D eigenvalue weighted by Gasteiger charge is -2.05. The van der Waals surface area contributed by atoms with Crippen LogP contribution in [0, 0.1) is 0 Å². The van der Waals surface area contributed by atoms with Crippen LogP contribution >= 0.6 is 35.0 Å². The average molecular weight is 385 g/mol. The number of aromatic nitrogens is 1. The Hall–Kier alpha value is -1.55. The number of rotatable bonds is 8. The number of fused-ring (bicyclic) bond motifs is 1. The second-order valence-electron chi connectivity index (χ2n) is 4.32.